The Kier molecular flexibility index (Phi) is 21.0. The van der Waals surface area contributed by atoms with E-state index in [1.54, 1.807) is 15.8 Å². The molecular formula is C49H70N6O10. The summed E-state index contributed by atoms with van der Waals surface area (Å²) in [6, 6.07) is 17.1. The number of hydrogen-bond donors (Lipinski definition) is 1. The molecule has 2 fully saturated rings. The van der Waals surface area contributed by atoms with Crippen molar-refractivity contribution in [3.63, 3.8) is 0 Å². The van der Waals surface area contributed by atoms with E-state index in [1.807, 2.05) is 82.3 Å². The number of nitrogens with zero attached hydrogens (tertiary/aromatic N) is 5. The van der Waals surface area contributed by atoms with Gasteiger partial charge in [0.1, 0.15) is 18.9 Å². The molecule has 2 aliphatic carbocycles. The number of carbonyl (C=O) groups is 5. The maximum Gasteiger partial charge on any atom is 0.332 e. The largest absolute Gasteiger partial charge is 0.459 e. The van der Waals surface area contributed by atoms with E-state index in [2.05, 4.69) is 27.8 Å². The van der Waals surface area contributed by atoms with Crippen LogP contribution in [-0.4, -0.2) is 125 Å². The first-order valence-electron chi connectivity index (χ1n) is 23.3. The first-order chi connectivity index (χ1) is 31.4. The second kappa shape index (κ2) is 26.8. The molecule has 356 valence electrons. The Bertz CT molecular complexity index is 1880. The monoisotopic (exact) mass is 903 g/mol. The molecule has 1 saturated carbocycles. The number of carbonyl (C=O) groups excluding carboxylic acids is 5. The minimum Gasteiger partial charge on any atom is -0.459 e. The average molecular weight is 903 g/mol. The van der Waals surface area contributed by atoms with E-state index in [-0.39, 0.29) is 92.6 Å². The van der Waals surface area contributed by atoms with Gasteiger partial charge in [-0.25, -0.2) is 9.48 Å². The Morgan fingerprint density at radius 3 is 2.11 bits per heavy atom. The van der Waals surface area contributed by atoms with Crippen molar-refractivity contribution in [3.8, 4) is 0 Å². The molecule has 1 N–H and O–H groups in total. The van der Waals surface area contributed by atoms with Gasteiger partial charge in [0.2, 0.25) is 23.6 Å². The number of nitrogens with one attached hydrogen (secondary N) is 1. The Labute approximate surface area is 384 Å². The van der Waals surface area contributed by atoms with Crippen LogP contribution in [0, 0.1) is 23.7 Å². The van der Waals surface area contributed by atoms with Crippen LogP contribution in [0.2, 0.25) is 0 Å². The van der Waals surface area contributed by atoms with Crippen LogP contribution in [0.3, 0.4) is 0 Å². The van der Waals surface area contributed by atoms with Crippen molar-refractivity contribution in [1.29, 1.82) is 0 Å². The molecule has 3 aliphatic rings. The van der Waals surface area contributed by atoms with Gasteiger partial charge in [0.15, 0.2) is 0 Å². The first-order valence-corrected chi connectivity index (χ1v) is 23.3. The number of allylic oxidation sites excluding steroid dienone is 2. The van der Waals surface area contributed by atoms with Crippen molar-refractivity contribution in [1.82, 2.24) is 30.1 Å². The average Bonchev–Trinajstić information content (AvgIpc) is 4.07. The van der Waals surface area contributed by atoms with Gasteiger partial charge in [-0.15, -0.1) is 5.10 Å². The number of esters is 1. The zero-order chi connectivity index (χ0) is 46.4. The fourth-order valence-corrected chi connectivity index (χ4v) is 8.34. The number of imide groups is 1. The molecule has 16 heteroatoms. The van der Waals surface area contributed by atoms with E-state index in [4.69, 9.17) is 23.7 Å². The molecule has 16 nitrogen and oxygen atoms in total. The molecule has 0 spiro atoms. The summed E-state index contributed by atoms with van der Waals surface area (Å²) in [5.41, 5.74) is 0.999. The third-order valence-corrected chi connectivity index (χ3v) is 11.8. The summed E-state index contributed by atoms with van der Waals surface area (Å²) in [6.07, 6.45) is 10.9. The van der Waals surface area contributed by atoms with Gasteiger partial charge in [0, 0.05) is 38.1 Å². The van der Waals surface area contributed by atoms with Gasteiger partial charge in [-0.05, 0) is 70.8 Å². The highest BCUT2D eigenvalue weighted by molar-refractivity contribution is 6.06. The molecule has 1 unspecified atom stereocenters. The normalized spacial score (nSPS) is 18.6. The van der Waals surface area contributed by atoms with E-state index in [1.165, 1.54) is 4.90 Å². The summed E-state index contributed by atoms with van der Waals surface area (Å²) in [5.74, 6) is -0.766. The summed E-state index contributed by atoms with van der Waals surface area (Å²) in [5, 5.41) is 11.6. The Balaban J connectivity index is 0.976. The Morgan fingerprint density at radius 1 is 0.800 bits per heavy atom. The number of likely N-dealkylation sites (tertiary alicyclic amines) is 1. The van der Waals surface area contributed by atoms with Gasteiger partial charge in [-0.3, -0.25) is 24.1 Å². The molecule has 1 aliphatic heterocycles. The van der Waals surface area contributed by atoms with Crippen LogP contribution >= 0.6 is 0 Å². The lowest BCUT2D eigenvalue weighted by Gasteiger charge is -2.27. The molecule has 0 radical (unpaired) electrons. The minimum atomic E-state index is -0.476. The van der Waals surface area contributed by atoms with E-state index in [0.717, 1.165) is 31.2 Å². The molecule has 5 rings (SSSR count). The predicted molar refractivity (Wildman–Crippen MR) is 242 cm³/mol. The quantitative estimate of drug-likeness (QED) is 0.0459. The number of fused-ring (bicyclic) bond motifs is 5. The topological polar surface area (TPSA) is 181 Å². The smallest absolute Gasteiger partial charge is 0.332 e. The van der Waals surface area contributed by atoms with Gasteiger partial charge < -0.3 is 33.9 Å². The van der Waals surface area contributed by atoms with Crippen molar-refractivity contribution in [3.05, 3.63) is 84.2 Å². The third kappa shape index (κ3) is 17.4. The van der Waals surface area contributed by atoms with Crippen molar-refractivity contribution >= 4 is 29.6 Å². The number of ether oxygens (including phenoxy) is 5. The van der Waals surface area contributed by atoms with Crippen LogP contribution in [0.1, 0.15) is 90.3 Å². The Morgan fingerprint density at radius 2 is 1.43 bits per heavy atom. The van der Waals surface area contributed by atoms with Crippen LogP contribution in [0.5, 0.6) is 0 Å². The first kappa shape index (κ1) is 51.0. The molecule has 4 amide bonds. The lowest BCUT2D eigenvalue weighted by Crippen LogP contribution is -2.44. The summed E-state index contributed by atoms with van der Waals surface area (Å²) in [6.45, 7) is 11.5. The number of amides is 4. The van der Waals surface area contributed by atoms with Crippen LogP contribution in [-0.2, 0) is 67.4 Å². The van der Waals surface area contributed by atoms with E-state index in [0.29, 0.717) is 71.2 Å². The third-order valence-electron chi connectivity index (χ3n) is 11.8. The van der Waals surface area contributed by atoms with Crippen LogP contribution in [0.4, 0.5) is 0 Å². The summed E-state index contributed by atoms with van der Waals surface area (Å²) >= 11 is 0. The second-order valence-electron chi connectivity index (χ2n) is 17.8. The minimum absolute atomic E-state index is 0.0123. The predicted octanol–water partition coefficient (Wildman–Crippen LogP) is 5.38. The van der Waals surface area contributed by atoms with Crippen LogP contribution in [0.25, 0.3) is 0 Å². The molecular weight excluding hydrogens is 833 g/mol. The van der Waals surface area contributed by atoms with Crippen LogP contribution < -0.4 is 5.32 Å². The number of hydrogen-bond acceptors (Lipinski definition) is 12. The second-order valence-corrected chi connectivity index (χ2v) is 17.8. The van der Waals surface area contributed by atoms with Gasteiger partial charge in [0.25, 0.3) is 0 Å². The van der Waals surface area contributed by atoms with Crippen molar-refractivity contribution in [2.24, 2.45) is 23.7 Å². The zero-order valence-electron chi connectivity index (χ0n) is 38.8. The molecule has 1 saturated heterocycles. The van der Waals surface area contributed by atoms with E-state index < -0.39 is 11.5 Å². The highest BCUT2D eigenvalue weighted by Crippen LogP contribution is 2.52. The SMILES string of the molecule is CC(C)OCCC(C)(C)NC(=O)CCC(=O)N(CCCCCCN1C(=O)[C@H]2[C@@H]3C=CC(C3)[C@H]2C1=O)Cc1cn(CCOCCOCCOCC(=O)OCc2ccccccccc2)nn1. The lowest BCUT2D eigenvalue weighted by molar-refractivity contribution is -0.151. The Hall–Kier alpha value is -5.03. The highest BCUT2D eigenvalue weighted by atomic mass is 16.6. The standard InChI is InChI=1S/C49H70N6O10/c1-37(2)64-26-22-49(3,4)50-42(56)20-21-43(57)53(23-14-10-11-15-24-55-47(59)45-39-18-19-40(32-39)46(45)48(55)60)33-41-34-54(52-51-41)25-27-61-28-29-62-30-31-63-36-44(58)65-35-38-16-12-8-6-5-7-9-13-17-38/h5-9,12-13,16-19,34,37,39-40,45-46H,10-11,14-15,20-33,35-36H2,1-4H3,(H,50,56)/t39-,40?,45+,46-/m1/s1. The number of unbranched alkanes of at least 4 members (excludes halogenated alkanes) is 3. The fraction of sp³-hybridized carbons (Fsp3) is 0.612. The van der Waals surface area contributed by atoms with Crippen molar-refractivity contribution in [2.75, 3.05) is 59.3 Å². The van der Waals surface area contributed by atoms with Gasteiger partial charge in [0.05, 0.1) is 70.3 Å². The summed E-state index contributed by atoms with van der Waals surface area (Å²) in [4.78, 5) is 68.0. The maximum atomic E-state index is 13.6. The molecule has 2 bridgehead atoms. The van der Waals surface area contributed by atoms with E-state index >= 15 is 0 Å². The summed E-state index contributed by atoms with van der Waals surface area (Å²) < 4.78 is 29.3. The van der Waals surface area contributed by atoms with Crippen molar-refractivity contribution in [2.45, 2.75) is 110 Å². The maximum absolute atomic E-state index is 13.6. The van der Waals surface area contributed by atoms with Gasteiger partial charge >= 0.3 is 5.97 Å². The number of rotatable bonds is 30. The molecule has 2 aromatic rings. The fourth-order valence-electron chi connectivity index (χ4n) is 8.34. The molecule has 1 aromatic heterocycles. The van der Waals surface area contributed by atoms with Gasteiger partial charge in [-0.2, -0.15) is 0 Å². The van der Waals surface area contributed by atoms with E-state index in [9.17, 15) is 24.0 Å². The molecule has 65 heavy (non-hydrogen) atoms. The molecule has 4 atom stereocenters. The van der Waals surface area contributed by atoms with Gasteiger partial charge in [-0.1, -0.05) is 84.8 Å². The summed E-state index contributed by atoms with van der Waals surface area (Å²) in [7, 11) is 0. The highest BCUT2D eigenvalue weighted by Gasteiger charge is 2.58. The molecule has 1 aromatic carbocycles. The van der Waals surface area contributed by atoms with Crippen molar-refractivity contribution < 1.29 is 47.7 Å². The number of aromatic nitrogens is 3. The lowest BCUT2D eigenvalue weighted by atomic mass is 9.85. The molecule has 2 heterocycles. The zero-order valence-corrected chi connectivity index (χ0v) is 38.8. The van der Waals surface area contributed by atoms with Crippen LogP contribution in [0.15, 0.2) is 72.9 Å².